The van der Waals surface area contributed by atoms with E-state index < -0.39 is 12.1 Å². The molecule has 0 aliphatic carbocycles. The zero-order valence-corrected chi connectivity index (χ0v) is 7.10. The third kappa shape index (κ3) is 2.66. The molecule has 4 nitrogen and oxygen atoms in total. The van der Waals surface area contributed by atoms with Gasteiger partial charge in [-0.25, -0.2) is 4.79 Å². The van der Waals surface area contributed by atoms with E-state index >= 15 is 0 Å². The Bertz CT molecular complexity index is 308. The maximum atomic E-state index is 10.4. The smallest absolute Gasteiger partial charge is 0.344 e. The molecule has 1 aromatic rings. The molecule has 70 valence electrons. The Hall–Kier alpha value is -1.71. The molecule has 0 aromatic heterocycles. The molecule has 0 bridgehead atoms. The second-order valence-electron chi connectivity index (χ2n) is 2.60. The van der Waals surface area contributed by atoms with Gasteiger partial charge in [-0.1, -0.05) is 6.07 Å². The van der Waals surface area contributed by atoms with E-state index in [4.69, 9.17) is 14.9 Å². The summed E-state index contributed by atoms with van der Waals surface area (Å²) in [4.78, 5) is 10.4. The normalized spacial score (nSPS) is 12.1. The predicted octanol–water partition coefficient (Wildman–Crippen LogP) is 1.24. The van der Waals surface area contributed by atoms with Crippen molar-refractivity contribution < 1.29 is 19.7 Å². The maximum absolute atomic E-state index is 10.4. The number of phenols is 1. The SMILES string of the molecule is CC(Oc1cccc(O)c1)C(=O)O. The second kappa shape index (κ2) is 3.80. The van der Waals surface area contributed by atoms with Gasteiger partial charge in [-0.15, -0.1) is 0 Å². The number of ether oxygens (including phenoxy) is 1. The number of aliphatic carboxylic acids is 1. The van der Waals surface area contributed by atoms with E-state index in [1.165, 1.54) is 19.1 Å². The zero-order chi connectivity index (χ0) is 9.84. The van der Waals surface area contributed by atoms with E-state index in [2.05, 4.69) is 0 Å². The van der Waals surface area contributed by atoms with Crippen molar-refractivity contribution in [3.8, 4) is 11.5 Å². The molecule has 0 aliphatic rings. The van der Waals surface area contributed by atoms with Crippen LogP contribution in [0.15, 0.2) is 24.3 Å². The number of benzene rings is 1. The van der Waals surface area contributed by atoms with Crippen LogP contribution in [-0.4, -0.2) is 22.3 Å². The van der Waals surface area contributed by atoms with E-state index in [1.54, 1.807) is 12.1 Å². The number of phenolic OH excluding ortho intramolecular Hbond substituents is 1. The molecule has 1 aromatic carbocycles. The van der Waals surface area contributed by atoms with Gasteiger partial charge in [0.25, 0.3) is 0 Å². The highest BCUT2D eigenvalue weighted by Gasteiger charge is 2.11. The van der Waals surface area contributed by atoms with E-state index in [0.717, 1.165) is 0 Å². The van der Waals surface area contributed by atoms with Crippen molar-refractivity contribution in [1.29, 1.82) is 0 Å². The first-order valence-electron chi connectivity index (χ1n) is 3.78. The highest BCUT2D eigenvalue weighted by molar-refractivity contribution is 5.72. The van der Waals surface area contributed by atoms with Crippen LogP contribution in [0.2, 0.25) is 0 Å². The maximum Gasteiger partial charge on any atom is 0.344 e. The van der Waals surface area contributed by atoms with Crippen LogP contribution < -0.4 is 4.74 Å². The van der Waals surface area contributed by atoms with Crippen LogP contribution in [0.4, 0.5) is 0 Å². The van der Waals surface area contributed by atoms with Crippen LogP contribution in [0.1, 0.15) is 6.92 Å². The number of carbonyl (C=O) groups is 1. The topological polar surface area (TPSA) is 66.8 Å². The highest BCUT2D eigenvalue weighted by Crippen LogP contribution is 2.18. The zero-order valence-electron chi connectivity index (χ0n) is 7.10. The minimum atomic E-state index is -1.04. The number of hydrogen-bond donors (Lipinski definition) is 2. The van der Waals surface area contributed by atoms with Gasteiger partial charge in [0.1, 0.15) is 11.5 Å². The van der Waals surface area contributed by atoms with Crippen molar-refractivity contribution in [2.24, 2.45) is 0 Å². The molecule has 1 rings (SSSR count). The standard InChI is InChI=1S/C9H10O4/c1-6(9(11)12)13-8-4-2-3-7(10)5-8/h2-6,10H,1H3,(H,11,12). The minimum absolute atomic E-state index is 0.0510. The quantitative estimate of drug-likeness (QED) is 0.738. The van der Waals surface area contributed by atoms with Crippen LogP contribution in [0, 0.1) is 0 Å². The van der Waals surface area contributed by atoms with Crippen molar-refractivity contribution in [3.63, 3.8) is 0 Å². The van der Waals surface area contributed by atoms with Crippen molar-refractivity contribution in [2.75, 3.05) is 0 Å². The molecule has 0 fully saturated rings. The minimum Gasteiger partial charge on any atom is -0.508 e. The molecule has 1 unspecified atom stereocenters. The molecule has 4 heteroatoms. The van der Waals surface area contributed by atoms with Crippen LogP contribution in [-0.2, 0) is 4.79 Å². The Kier molecular flexibility index (Phi) is 2.74. The van der Waals surface area contributed by atoms with Crippen LogP contribution in [0.3, 0.4) is 0 Å². The number of hydrogen-bond acceptors (Lipinski definition) is 3. The molecule has 0 amide bonds. The molecule has 13 heavy (non-hydrogen) atoms. The molecule has 1 atom stereocenters. The fraction of sp³-hybridized carbons (Fsp3) is 0.222. The van der Waals surface area contributed by atoms with Gasteiger partial charge < -0.3 is 14.9 Å². The Labute approximate surface area is 75.4 Å². The highest BCUT2D eigenvalue weighted by atomic mass is 16.5. The second-order valence-corrected chi connectivity index (χ2v) is 2.60. The van der Waals surface area contributed by atoms with Gasteiger partial charge in [0.15, 0.2) is 6.10 Å². The summed E-state index contributed by atoms with van der Waals surface area (Å²) in [5.74, 6) is -0.645. The average molecular weight is 182 g/mol. The van der Waals surface area contributed by atoms with Gasteiger partial charge in [-0.3, -0.25) is 0 Å². The molecule has 0 saturated heterocycles. The monoisotopic (exact) mass is 182 g/mol. The molecule has 0 aliphatic heterocycles. The number of rotatable bonds is 3. The fourth-order valence-corrected chi connectivity index (χ4v) is 0.811. The summed E-state index contributed by atoms with van der Waals surface area (Å²) in [5, 5.41) is 17.6. The Morgan fingerprint density at radius 2 is 2.23 bits per heavy atom. The van der Waals surface area contributed by atoms with E-state index in [0.29, 0.717) is 5.75 Å². The molecule has 0 heterocycles. The van der Waals surface area contributed by atoms with Crippen molar-refractivity contribution in [3.05, 3.63) is 24.3 Å². The Balaban J connectivity index is 2.69. The van der Waals surface area contributed by atoms with Crippen molar-refractivity contribution in [2.45, 2.75) is 13.0 Å². The Morgan fingerprint density at radius 1 is 1.54 bits per heavy atom. The first kappa shape index (κ1) is 9.38. The van der Waals surface area contributed by atoms with Gasteiger partial charge >= 0.3 is 5.97 Å². The summed E-state index contributed by atoms with van der Waals surface area (Å²) in [6, 6.07) is 6.01. The lowest BCUT2D eigenvalue weighted by atomic mass is 10.3. The molecular weight excluding hydrogens is 172 g/mol. The molecular formula is C9H10O4. The first-order chi connectivity index (χ1) is 6.09. The number of aromatic hydroxyl groups is 1. The fourth-order valence-electron chi connectivity index (χ4n) is 0.811. The van der Waals surface area contributed by atoms with Crippen molar-refractivity contribution in [1.82, 2.24) is 0 Å². The van der Waals surface area contributed by atoms with Crippen molar-refractivity contribution >= 4 is 5.97 Å². The first-order valence-corrected chi connectivity index (χ1v) is 3.78. The summed E-state index contributed by atoms with van der Waals surface area (Å²) < 4.78 is 5.00. The van der Waals surface area contributed by atoms with Gasteiger partial charge in [0.05, 0.1) is 0 Å². The lowest BCUT2D eigenvalue weighted by Gasteiger charge is -2.09. The van der Waals surface area contributed by atoms with Gasteiger partial charge in [-0.05, 0) is 19.1 Å². The van der Waals surface area contributed by atoms with Crippen LogP contribution >= 0.6 is 0 Å². The third-order valence-corrected chi connectivity index (χ3v) is 1.48. The summed E-state index contributed by atoms with van der Waals surface area (Å²) >= 11 is 0. The summed E-state index contributed by atoms with van der Waals surface area (Å²) in [7, 11) is 0. The Morgan fingerprint density at radius 3 is 2.77 bits per heavy atom. The molecule has 0 saturated carbocycles. The lowest BCUT2D eigenvalue weighted by Crippen LogP contribution is -2.22. The van der Waals surface area contributed by atoms with Crippen LogP contribution in [0.25, 0.3) is 0 Å². The summed E-state index contributed by atoms with van der Waals surface area (Å²) in [5.41, 5.74) is 0. The molecule has 0 spiro atoms. The lowest BCUT2D eigenvalue weighted by molar-refractivity contribution is -0.144. The van der Waals surface area contributed by atoms with Gasteiger partial charge in [0.2, 0.25) is 0 Å². The van der Waals surface area contributed by atoms with Gasteiger partial charge in [0, 0.05) is 6.07 Å². The largest absolute Gasteiger partial charge is 0.508 e. The third-order valence-electron chi connectivity index (χ3n) is 1.48. The van der Waals surface area contributed by atoms with E-state index in [1.807, 2.05) is 0 Å². The molecule has 2 N–H and O–H groups in total. The summed E-state index contributed by atoms with van der Waals surface area (Å²) in [6.45, 7) is 1.42. The van der Waals surface area contributed by atoms with Gasteiger partial charge in [-0.2, -0.15) is 0 Å². The summed E-state index contributed by atoms with van der Waals surface area (Å²) in [6.07, 6.45) is -0.915. The van der Waals surface area contributed by atoms with E-state index in [9.17, 15) is 4.79 Å². The average Bonchev–Trinajstić information content (AvgIpc) is 2.04. The molecule has 0 radical (unpaired) electrons. The number of carboxylic acids is 1. The van der Waals surface area contributed by atoms with E-state index in [-0.39, 0.29) is 5.75 Å². The number of carboxylic acid groups (broad SMARTS) is 1. The predicted molar refractivity (Wildman–Crippen MR) is 45.8 cm³/mol. The van der Waals surface area contributed by atoms with Crippen LogP contribution in [0.5, 0.6) is 11.5 Å².